The lowest BCUT2D eigenvalue weighted by atomic mass is 9.99. The van der Waals surface area contributed by atoms with Crippen LogP contribution in [0.4, 0.5) is 0 Å². The molecule has 0 heterocycles. The summed E-state index contributed by atoms with van der Waals surface area (Å²) in [5, 5.41) is 11.8. The van der Waals surface area contributed by atoms with Crippen molar-refractivity contribution in [2.45, 2.75) is 52.2 Å². The van der Waals surface area contributed by atoms with Crippen molar-refractivity contribution in [3.05, 3.63) is 59.2 Å². The average molecular weight is 313 g/mol. The third kappa shape index (κ3) is 3.12. The molecule has 0 aliphatic carbocycles. The first kappa shape index (κ1) is 16.8. The fourth-order valence-electron chi connectivity index (χ4n) is 3.11. The minimum atomic E-state index is -1.59. The van der Waals surface area contributed by atoms with Gasteiger partial charge in [0.15, 0.2) is 0 Å². The number of aromatic hydroxyl groups is 1. The predicted octanol–water partition coefficient (Wildman–Crippen LogP) is 4.78. The van der Waals surface area contributed by atoms with Crippen LogP contribution in [0, 0.1) is 0 Å². The van der Waals surface area contributed by atoms with Gasteiger partial charge >= 0.3 is 0 Å². The zero-order valence-corrected chi connectivity index (χ0v) is 15.5. The molecule has 2 heteroatoms. The monoisotopic (exact) mass is 312 g/mol. The molecule has 1 atom stereocenters. The molecule has 0 amide bonds. The predicted molar refractivity (Wildman–Crippen MR) is 98.8 cm³/mol. The zero-order valence-electron chi connectivity index (χ0n) is 14.5. The maximum absolute atomic E-state index is 10.3. The standard InChI is InChI=1S/C20H28OSi/c1-6-16-13-18(14-17(7-2)20(16)21)15(3)22(4,5)19-11-9-8-10-12-19/h8-15,21H,6-7H2,1-5H3. The van der Waals surface area contributed by atoms with Gasteiger partial charge in [-0.05, 0) is 35.1 Å². The van der Waals surface area contributed by atoms with Crippen molar-refractivity contribution in [2.24, 2.45) is 0 Å². The first-order valence-electron chi connectivity index (χ1n) is 8.32. The molecular formula is C20H28OSi. The van der Waals surface area contributed by atoms with Crippen molar-refractivity contribution in [2.75, 3.05) is 0 Å². The van der Waals surface area contributed by atoms with Crippen molar-refractivity contribution in [3.8, 4) is 5.75 Å². The van der Waals surface area contributed by atoms with Gasteiger partial charge in [0.05, 0.1) is 8.07 Å². The van der Waals surface area contributed by atoms with Crippen LogP contribution in [0.2, 0.25) is 13.1 Å². The lowest BCUT2D eigenvalue weighted by Gasteiger charge is -2.31. The Labute approximate surface area is 136 Å². The van der Waals surface area contributed by atoms with Crippen LogP contribution < -0.4 is 5.19 Å². The topological polar surface area (TPSA) is 20.2 Å². The molecule has 22 heavy (non-hydrogen) atoms. The maximum atomic E-state index is 10.3. The van der Waals surface area contributed by atoms with E-state index in [1.54, 1.807) is 0 Å². The van der Waals surface area contributed by atoms with Gasteiger partial charge in [0.25, 0.3) is 0 Å². The highest BCUT2D eigenvalue weighted by Gasteiger charge is 2.32. The van der Waals surface area contributed by atoms with Crippen LogP contribution >= 0.6 is 0 Å². The minimum absolute atomic E-state index is 0.500. The highest BCUT2D eigenvalue weighted by molar-refractivity contribution is 6.90. The number of phenolic OH excluding ortho intramolecular Hbond substituents is 1. The molecule has 0 radical (unpaired) electrons. The lowest BCUT2D eigenvalue weighted by Crippen LogP contribution is -2.46. The van der Waals surface area contributed by atoms with E-state index in [1.807, 2.05) is 0 Å². The van der Waals surface area contributed by atoms with Crippen molar-refractivity contribution in [1.29, 1.82) is 0 Å². The molecule has 0 saturated heterocycles. The molecule has 0 spiro atoms. The number of rotatable bonds is 5. The normalized spacial score (nSPS) is 13.1. The molecule has 0 fully saturated rings. The molecule has 0 saturated carbocycles. The van der Waals surface area contributed by atoms with Crippen molar-refractivity contribution < 1.29 is 5.11 Å². The van der Waals surface area contributed by atoms with Crippen LogP contribution in [0.3, 0.4) is 0 Å². The molecular weight excluding hydrogens is 284 g/mol. The molecule has 0 aliphatic rings. The Morgan fingerprint density at radius 3 is 1.91 bits per heavy atom. The zero-order chi connectivity index (χ0) is 16.3. The van der Waals surface area contributed by atoms with Crippen molar-refractivity contribution in [1.82, 2.24) is 0 Å². The fourth-order valence-corrected chi connectivity index (χ4v) is 5.66. The first-order valence-corrected chi connectivity index (χ1v) is 11.4. The third-order valence-electron chi connectivity index (χ3n) is 5.15. The summed E-state index contributed by atoms with van der Waals surface area (Å²) in [6, 6.07) is 15.3. The van der Waals surface area contributed by atoms with E-state index >= 15 is 0 Å². The number of benzene rings is 2. The summed E-state index contributed by atoms with van der Waals surface area (Å²) in [7, 11) is -1.59. The Morgan fingerprint density at radius 1 is 0.955 bits per heavy atom. The van der Waals surface area contributed by atoms with Gasteiger partial charge in [-0.3, -0.25) is 0 Å². The second kappa shape index (κ2) is 6.70. The molecule has 1 nitrogen and oxygen atoms in total. The Bertz CT molecular complexity index is 606. The van der Waals surface area contributed by atoms with Crippen LogP contribution in [-0.4, -0.2) is 13.2 Å². The van der Waals surface area contributed by atoms with E-state index in [0.717, 1.165) is 24.0 Å². The Kier molecular flexibility index (Phi) is 5.12. The van der Waals surface area contributed by atoms with E-state index < -0.39 is 8.07 Å². The van der Waals surface area contributed by atoms with Gasteiger partial charge in [0, 0.05) is 0 Å². The average Bonchev–Trinajstić information content (AvgIpc) is 2.55. The minimum Gasteiger partial charge on any atom is -0.507 e. The van der Waals surface area contributed by atoms with E-state index in [0.29, 0.717) is 11.3 Å². The molecule has 1 unspecified atom stereocenters. The fraction of sp³-hybridized carbons (Fsp3) is 0.400. The van der Waals surface area contributed by atoms with E-state index in [4.69, 9.17) is 0 Å². The summed E-state index contributed by atoms with van der Waals surface area (Å²) in [5.74, 6) is 0.500. The molecule has 0 aromatic heterocycles. The SMILES string of the molecule is CCc1cc(C(C)[Si](C)(C)c2ccccc2)cc(CC)c1O. The van der Waals surface area contributed by atoms with Gasteiger partial charge in [-0.1, -0.05) is 81.5 Å². The summed E-state index contributed by atoms with van der Waals surface area (Å²) in [5.41, 5.74) is 4.07. The molecule has 118 valence electrons. The second-order valence-corrected chi connectivity index (χ2v) is 11.6. The molecule has 2 aromatic carbocycles. The van der Waals surface area contributed by atoms with Crippen LogP contribution in [0.5, 0.6) is 5.75 Å². The summed E-state index contributed by atoms with van der Waals surface area (Å²) in [6.45, 7) is 11.5. The van der Waals surface area contributed by atoms with Crippen LogP contribution in [-0.2, 0) is 12.8 Å². The number of hydrogen-bond acceptors (Lipinski definition) is 1. The van der Waals surface area contributed by atoms with E-state index in [2.05, 4.69) is 76.3 Å². The highest BCUT2D eigenvalue weighted by atomic mass is 28.3. The summed E-state index contributed by atoms with van der Waals surface area (Å²) in [6.07, 6.45) is 1.76. The maximum Gasteiger partial charge on any atom is 0.121 e. The van der Waals surface area contributed by atoms with Gasteiger partial charge in [-0.25, -0.2) is 0 Å². The Balaban J connectivity index is 2.47. The molecule has 0 aliphatic heterocycles. The first-order chi connectivity index (χ1) is 10.4. The number of aryl methyl sites for hydroxylation is 2. The van der Waals surface area contributed by atoms with Crippen LogP contribution in [0.1, 0.15) is 43.0 Å². The van der Waals surface area contributed by atoms with E-state index in [1.165, 1.54) is 10.8 Å². The summed E-state index contributed by atoms with van der Waals surface area (Å²) >= 11 is 0. The Morgan fingerprint density at radius 2 is 1.45 bits per heavy atom. The van der Waals surface area contributed by atoms with Gasteiger partial charge < -0.3 is 5.11 Å². The van der Waals surface area contributed by atoms with Gasteiger partial charge in [0.1, 0.15) is 5.75 Å². The smallest absolute Gasteiger partial charge is 0.121 e. The van der Waals surface area contributed by atoms with Gasteiger partial charge in [-0.2, -0.15) is 0 Å². The third-order valence-corrected chi connectivity index (χ3v) is 9.47. The highest BCUT2D eigenvalue weighted by Crippen LogP contribution is 2.33. The summed E-state index contributed by atoms with van der Waals surface area (Å²) in [4.78, 5) is 0. The Hall–Kier alpha value is -1.54. The van der Waals surface area contributed by atoms with Crippen LogP contribution in [0.15, 0.2) is 42.5 Å². The number of hydrogen-bond donors (Lipinski definition) is 1. The van der Waals surface area contributed by atoms with Crippen LogP contribution in [0.25, 0.3) is 0 Å². The van der Waals surface area contributed by atoms with Crippen molar-refractivity contribution in [3.63, 3.8) is 0 Å². The number of phenols is 1. The van der Waals surface area contributed by atoms with Gasteiger partial charge in [-0.15, -0.1) is 0 Å². The van der Waals surface area contributed by atoms with Gasteiger partial charge in [0.2, 0.25) is 0 Å². The molecule has 2 aromatic rings. The summed E-state index contributed by atoms with van der Waals surface area (Å²) < 4.78 is 0. The van der Waals surface area contributed by atoms with Crippen molar-refractivity contribution >= 4 is 13.3 Å². The second-order valence-electron chi connectivity index (χ2n) is 6.70. The quantitative estimate of drug-likeness (QED) is 0.788. The molecule has 0 bridgehead atoms. The largest absolute Gasteiger partial charge is 0.507 e. The lowest BCUT2D eigenvalue weighted by molar-refractivity contribution is 0.462. The van der Waals surface area contributed by atoms with E-state index in [9.17, 15) is 5.11 Å². The van der Waals surface area contributed by atoms with E-state index in [-0.39, 0.29) is 0 Å². The molecule has 1 N–H and O–H groups in total. The molecule has 2 rings (SSSR count).